The molecule has 0 aliphatic rings. The van der Waals surface area contributed by atoms with Crippen molar-refractivity contribution in [3.05, 3.63) is 39.8 Å². The maximum Gasteiger partial charge on any atom is 0.261 e. The van der Waals surface area contributed by atoms with Gasteiger partial charge < -0.3 is 10.2 Å². The second-order valence-corrected chi connectivity index (χ2v) is 5.30. The first-order valence-electron chi connectivity index (χ1n) is 5.90. The molecule has 1 N–H and O–H groups in total. The zero-order valence-corrected chi connectivity index (χ0v) is 12.0. The molecule has 0 bridgehead atoms. The van der Waals surface area contributed by atoms with Crippen LogP contribution in [0.2, 0.25) is 0 Å². The van der Waals surface area contributed by atoms with Crippen LogP contribution >= 0.6 is 11.3 Å². The topological polar surface area (TPSA) is 58.1 Å². The molecule has 0 aliphatic carbocycles. The highest BCUT2D eigenvalue weighted by Gasteiger charge is 2.08. The van der Waals surface area contributed by atoms with E-state index < -0.39 is 0 Å². The third-order valence-corrected chi connectivity index (χ3v) is 3.34. The number of rotatable bonds is 4. The van der Waals surface area contributed by atoms with Gasteiger partial charge in [0.1, 0.15) is 0 Å². The van der Waals surface area contributed by atoms with E-state index in [0.717, 1.165) is 11.4 Å². The zero-order chi connectivity index (χ0) is 13.8. The molecule has 0 atom stereocenters. The summed E-state index contributed by atoms with van der Waals surface area (Å²) in [4.78, 5) is 23.1. The van der Waals surface area contributed by atoms with Gasteiger partial charge in [-0.2, -0.15) is 0 Å². The summed E-state index contributed by atoms with van der Waals surface area (Å²) in [6.07, 6.45) is 0. The lowest BCUT2D eigenvalue weighted by Crippen LogP contribution is -2.23. The first-order valence-corrected chi connectivity index (χ1v) is 6.78. The molecule has 2 rings (SSSR count). The van der Waals surface area contributed by atoms with E-state index in [0.29, 0.717) is 17.4 Å². The predicted octanol–water partition coefficient (Wildman–Crippen LogP) is 1.84. The number of carbonyl (C=O) groups is 1. The number of aromatic nitrogens is 2. The Morgan fingerprint density at radius 2 is 2.21 bits per heavy atom. The van der Waals surface area contributed by atoms with E-state index in [1.165, 1.54) is 11.3 Å². The van der Waals surface area contributed by atoms with Gasteiger partial charge in [0.15, 0.2) is 0 Å². The smallest absolute Gasteiger partial charge is 0.261 e. The monoisotopic (exact) mass is 276 g/mol. The summed E-state index contributed by atoms with van der Waals surface area (Å²) < 4.78 is 0. The standard InChI is InChI=1S/C13H16N4OS/c1-9-7-10(16-13(15-9)17(2)3)8-14-12(18)11-5-4-6-19-11/h4-7H,8H2,1-3H3,(H,14,18). The highest BCUT2D eigenvalue weighted by Crippen LogP contribution is 2.10. The highest BCUT2D eigenvalue weighted by molar-refractivity contribution is 7.12. The van der Waals surface area contributed by atoms with E-state index in [1.54, 1.807) is 6.07 Å². The van der Waals surface area contributed by atoms with Gasteiger partial charge in [0.25, 0.3) is 5.91 Å². The molecule has 0 saturated heterocycles. The Morgan fingerprint density at radius 1 is 1.42 bits per heavy atom. The molecule has 0 unspecified atom stereocenters. The van der Waals surface area contributed by atoms with Crippen LogP contribution in [0.25, 0.3) is 0 Å². The van der Waals surface area contributed by atoms with Gasteiger partial charge in [-0.05, 0) is 24.4 Å². The van der Waals surface area contributed by atoms with Crippen LogP contribution in [0.1, 0.15) is 21.1 Å². The lowest BCUT2D eigenvalue weighted by molar-refractivity contribution is 0.0954. The van der Waals surface area contributed by atoms with Crippen molar-refractivity contribution in [1.82, 2.24) is 15.3 Å². The van der Waals surface area contributed by atoms with Crippen LogP contribution in [0.3, 0.4) is 0 Å². The van der Waals surface area contributed by atoms with Gasteiger partial charge in [-0.25, -0.2) is 9.97 Å². The average Bonchev–Trinajstić information content (AvgIpc) is 2.89. The number of aryl methyl sites for hydroxylation is 1. The van der Waals surface area contributed by atoms with Crippen molar-refractivity contribution >= 4 is 23.2 Å². The van der Waals surface area contributed by atoms with Crippen LogP contribution in [-0.4, -0.2) is 30.0 Å². The number of hydrogen-bond acceptors (Lipinski definition) is 5. The summed E-state index contributed by atoms with van der Waals surface area (Å²) in [6.45, 7) is 2.32. The molecule has 0 saturated carbocycles. The fourth-order valence-corrected chi connectivity index (χ4v) is 2.21. The van der Waals surface area contributed by atoms with Crippen LogP contribution in [0, 0.1) is 6.92 Å². The van der Waals surface area contributed by atoms with E-state index >= 15 is 0 Å². The van der Waals surface area contributed by atoms with Crippen LogP contribution < -0.4 is 10.2 Å². The van der Waals surface area contributed by atoms with Crippen molar-refractivity contribution in [2.45, 2.75) is 13.5 Å². The van der Waals surface area contributed by atoms with Gasteiger partial charge in [-0.1, -0.05) is 6.07 Å². The Labute approximate surface area is 116 Å². The third-order valence-electron chi connectivity index (χ3n) is 2.47. The molecule has 0 aromatic carbocycles. The molecule has 5 nitrogen and oxygen atoms in total. The molecular weight excluding hydrogens is 260 g/mol. The minimum Gasteiger partial charge on any atom is -0.347 e. The van der Waals surface area contributed by atoms with Crippen LogP contribution in [0.5, 0.6) is 0 Å². The lowest BCUT2D eigenvalue weighted by atomic mass is 10.3. The van der Waals surface area contributed by atoms with Gasteiger partial charge in [0, 0.05) is 19.8 Å². The molecule has 19 heavy (non-hydrogen) atoms. The van der Waals surface area contributed by atoms with E-state index in [9.17, 15) is 4.79 Å². The lowest BCUT2D eigenvalue weighted by Gasteiger charge is -2.12. The van der Waals surface area contributed by atoms with Gasteiger partial charge in [-0.3, -0.25) is 4.79 Å². The van der Waals surface area contributed by atoms with Crippen LogP contribution in [-0.2, 0) is 6.54 Å². The Hall–Kier alpha value is -1.95. The van der Waals surface area contributed by atoms with Crippen molar-refractivity contribution in [2.24, 2.45) is 0 Å². The molecule has 2 aromatic rings. The molecular formula is C13H16N4OS. The van der Waals surface area contributed by atoms with E-state index in [4.69, 9.17) is 0 Å². The summed E-state index contributed by atoms with van der Waals surface area (Å²) in [7, 11) is 3.78. The Kier molecular flexibility index (Phi) is 4.11. The van der Waals surface area contributed by atoms with Gasteiger partial charge in [0.2, 0.25) is 5.95 Å². The summed E-state index contributed by atoms with van der Waals surface area (Å²) >= 11 is 1.42. The van der Waals surface area contributed by atoms with Crippen LogP contribution in [0.4, 0.5) is 5.95 Å². The Balaban J connectivity index is 2.05. The quantitative estimate of drug-likeness (QED) is 0.925. The molecule has 100 valence electrons. The van der Waals surface area contributed by atoms with Crippen molar-refractivity contribution in [1.29, 1.82) is 0 Å². The van der Waals surface area contributed by atoms with Gasteiger partial charge in [0.05, 0.1) is 17.1 Å². The Morgan fingerprint density at radius 3 is 2.84 bits per heavy atom. The number of nitrogens with zero attached hydrogens (tertiary/aromatic N) is 3. The summed E-state index contributed by atoms with van der Waals surface area (Å²) in [6, 6.07) is 5.54. The molecule has 0 fully saturated rings. The molecule has 6 heteroatoms. The minimum absolute atomic E-state index is 0.0716. The number of amides is 1. The highest BCUT2D eigenvalue weighted by atomic mass is 32.1. The SMILES string of the molecule is Cc1cc(CNC(=O)c2cccs2)nc(N(C)C)n1. The largest absolute Gasteiger partial charge is 0.347 e. The van der Waals surface area contributed by atoms with Crippen molar-refractivity contribution in [3.63, 3.8) is 0 Å². The molecule has 2 aromatic heterocycles. The molecule has 0 aliphatic heterocycles. The maximum atomic E-state index is 11.8. The Bertz CT molecular complexity index is 566. The van der Waals surface area contributed by atoms with Gasteiger partial charge in [-0.15, -0.1) is 11.3 Å². The predicted molar refractivity (Wildman–Crippen MR) is 76.6 cm³/mol. The number of thiophene rings is 1. The number of hydrogen-bond donors (Lipinski definition) is 1. The van der Waals surface area contributed by atoms with E-state index in [1.807, 2.05) is 43.4 Å². The van der Waals surface area contributed by atoms with Crippen molar-refractivity contribution in [2.75, 3.05) is 19.0 Å². The fraction of sp³-hybridized carbons (Fsp3) is 0.308. The zero-order valence-electron chi connectivity index (χ0n) is 11.2. The molecule has 0 radical (unpaired) electrons. The first-order chi connectivity index (χ1) is 9.06. The molecule has 1 amide bonds. The maximum absolute atomic E-state index is 11.8. The molecule has 0 spiro atoms. The normalized spacial score (nSPS) is 10.3. The second-order valence-electron chi connectivity index (χ2n) is 4.36. The first kappa shape index (κ1) is 13.5. The molecule has 2 heterocycles. The average molecular weight is 276 g/mol. The van der Waals surface area contributed by atoms with E-state index in [2.05, 4.69) is 15.3 Å². The second kappa shape index (κ2) is 5.79. The minimum atomic E-state index is -0.0716. The van der Waals surface area contributed by atoms with Crippen molar-refractivity contribution < 1.29 is 4.79 Å². The van der Waals surface area contributed by atoms with Crippen LogP contribution in [0.15, 0.2) is 23.6 Å². The fourth-order valence-electron chi connectivity index (χ4n) is 1.57. The summed E-state index contributed by atoms with van der Waals surface area (Å²) in [5.74, 6) is 0.582. The number of anilines is 1. The third kappa shape index (κ3) is 3.51. The van der Waals surface area contributed by atoms with E-state index in [-0.39, 0.29) is 5.91 Å². The van der Waals surface area contributed by atoms with Gasteiger partial charge >= 0.3 is 0 Å². The summed E-state index contributed by atoms with van der Waals surface area (Å²) in [5.41, 5.74) is 1.69. The van der Waals surface area contributed by atoms with Crippen molar-refractivity contribution in [3.8, 4) is 0 Å². The number of carbonyl (C=O) groups excluding carboxylic acids is 1. The summed E-state index contributed by atoms with van der Waals surface area (Å²) in [5, 5.41) is 4.74. The number of nitrogens with one attached hydrogen (secondary N) is 1.